The average Bonchev–Trinajstić information content (AvgIpc) is 3.51. The van der Waals surface area contributed by atoms with Crippen LogP contribution in [0.1, 0.15) is 88.7 Å². The van der Waals surface area contributed by atoms with E-state index in [0.29, 0.717) is 31.0 Å². The zero-order valence-electron chi connectivity index (χ0n) is 28.2. The van der Waals surface area contributed by atoms with Gasteiger partial charge in [0.15, 0.2) is 0 Å². The monoisotopic (exact) mass is 637 g/mol. The highest BCUT2D eigenvalue weighted by Crippen LogP contribution is 2.28. The largest absolute Gasteiger partial charge is 0.444 e. The molecule has 0 unspecified atom stereocenters. The van der Waals surface area contributed by atoms with E-state index in [1.807, 2.05) is 33.0 Å². The number of aryl methyl sites for hydroxylation is 1. The minimum absolute atomic E-state index is 0.0373. The molecular formula is C34H51N7O5. The number of ether oxygens (including phenoxy) is 1. The molecule has 1 aliphatic carbocycles. The van der Waals surface area contributed by atoms with Gasteiger partial charge in [0, 0.05) is 50.5 Å². The van der Waals surface area contributed by atoms with E-state index in [2.05, 4.69) is 25.9 Å². The van der Waals surface area contributed by atoms with E-state index in [1.54, 1.807) is 54.7 Å². The van der Waals surface area contributed by atoms with Crippen LogP contribution < -0.4 is 16.0 Å². The third kappa shape index (κ3) is 9.31. The fraction of sp³-hybridized carbons (Fsp3) is 0.618. The zero-order chi connectivity index (χ0) is 33.4. The molecule has 2 aromatic rings. The number of aromatic nitrogens is 2. The van der Waals surface area contributed by atoms with Gasteiger partial charge in [-0.3, -0.25) is 19.1 Å². The lowest BCUT2D eigenvalue weighted by Gasteiger charge is -2.36. The van der Waals surface area contributed by atoms with Crippen LogP contribution in [0, 0.1) is 5.92 Å². The van der Waals surface area contributed by atoms with Crippen LogP contribution in [0.25, 0.3) is 0 Å². The summed E-state index contributed by atoms with van der Waals surface area (Å²) in [6.45, 7) is 12.4. The Bertz CT molecular complexity index is 1340. The van der Waals surface area contributed by atoms with Crippen molar-refractivity contribution in [2.24, 2.45) is 5.92 Å². The van der Waals surface area contributed by atoms with E-state index in [-0.39, 0.29) is 29.6 Å². The number of carbonyl (C=O) groups excluding carboxylic acids is 4. The molecule has 12 heteroatoms. The molecule has 4 rings (SSSR count). The first kappa shape index (κ1) is 34.9. The van der Waals surface area contributed by atoms with Crippen LogP contribution in [-0.2, 0) is 20.9 Å². The number of benzene rings is 1. The number of alkyl carbamates (subject to hydrolysis) is 1. The minimum Gasteiger partial charge on any atom is -0.444 e. The molecule has 4 amide bonds. The lowest BCUT2D eigenvalue weighted by atomic mass is 9.83. The Hall–Kier alpha value is -3.93. The second-order valence-corrected chi connectivity index (χ2v) is 13.5. The molecule has 0 bridgehead atoms. The van der Waals surface area contributed by atoms with Crippen molar-refractivity contribution in [3.63, 3.8) is 0 Å². The number of amides is 4. The fourth-order valence-corrected chi connectivity index (χ4v) is 6.20. The van der Waals surface area contributed by atoms with Gasteiger partial charge in [-0.15, -0.1) is 0 Å². The van der Waals surface area contributed by atoms with E-state index < -0.39 is 23.8 Å². The summed E-state index contributed by atoms with van der Waals surface area (Å²) < 4.78 is 7.11. The molecule has 46 heavy (non-hydrogen) atoms. The van der Waals surface area contributed by atoms with E-state index in [4.69, 9.17) is 4.74 Å². The number of likely N-dealkylation sites (N-methyl/N-ethyl adjacent to an activating group) is 1. The highest BCUT2D eigenvalue weighted by Gasteiger charge is 2.35. The number of rotatable bonds is 10. The molecule has 1 saturated carbocycles. The van der Waals surface area contributed by atoms with Crippen LogP contribution >= 0.6 is 0 Å². The van der Waals surface area contributed by atoms with Gasteiger partial charge in [0.1, 0.15) is 23.4 Å². The van der Waals surface area contributed by atoms with Crippen molar-refractivity contribution in [3.05, 3.63) is 47.8 Å². The van der Waals surface area contributed by atoms with Crippen molar-refractivity contribution in [1.29, 1.82) is 0 Å². The van der Waals surface area contributed by atoms with E-state index >= 15 is 0 Å². The number of anilines is 1. The number of hydrogen-bond donors (Lipinski definition) is 3. The Kier molecular flexibility index (Phi) is 11.8. The maximum atomic E-state index is 13.7. The van der Waals surface area contributed by atoms with Gasteiger partial charge in [0.05, 0.1) is 0 Å². The maximum Gasteiger partial charge on any atom is 0.408 e. The van der Waals surface area contributed by atoms with Gasteiger partial charge in [0.25, 0.3) is 5.91 Å². The Morgan fingerprint density at radius 3 is 2.22 bits per heavy atom. The molecule has 12 nitrogen and oxygen atoms in total. The smallest absolute Gasteiger partial charge is 0.408 e. The highest BCUT2D eigenvalue weighted by atomic mass is 16.6. The van der Waals surface area contributed by atoms with Gasteiger partial charge in [-0.25, -0.2) is 4.79 Å². The van der Waals surface area contributed by atoms with Crippen LogP contribution in [0.5, 0.6) is 0 Å². The van der Waals surface area contributed by atoms with Gasteiger partial charge in [-0.1, -0.05) is 38.3 Å². The minimum atomic E-state index is -0.832. The Morgan fingerprint density at radius 2 is 1.61 bits per heavy atom. The third-order valence-electron chi connectivity index (χ3n) is 8.90. The van der Waals surface area contributed by atoms with Crippen molar-refractivity contribution in [2.45, 2.75) is 96.9 Å². The number of nitrogens with zero attached hydrogens (tertiary/aromatic N) is 4. The van der Waals surface area contributed by atoms with E-state index in [9.17, 15) is 19.2 Å². The Labute approximate surface area is 272 Å². The molecule has 2 fully saturated rings. The standard InChI is InChI=1S/C34H51N7O5/c1-7-41-27(17-18-35-41)30(42)37-29(25-11-9-8-10-12-25)31(43)36-26-15-13-24(14-16-26)23(2)28(38-33(45)46-34(3,4)5)32(44)40-21-19-39(6)20-22-40/h13-18,23,25,28-29H,7-12,19-22H2,1-6H3,(H,36,43)(H,37,42)(H,38,45)/t23-,28+,29-/m0/s1. The third-order valence-corrected chi connectivity index (χ3v) is 8.90. The van der Waals surface area contributed by atoms with Crippen molar-refractivity contribution >= 4 is 29.5 Å². The number of nitrogens with one attached hydrogen (secondary N) is 3. The van der Waals surface area contributed by atoms with Crippen LogP contribution in [0.15, 0.2) is 36.5 Å². The summed E-state index contributed by atoms with van der Waals surface area (Å²) in [6, 6.07) is 7.44. The lowest BCUT2D eigenvalue weighted by Crippen LogP contribution is -2.56. The van der Waals surface area contributed by atoms with Gasteiger partial charge in [-0.05, 0) is 77.3 Å². The second kappa shape index (κ2) is 15.6. The average molecular weight is 638 g/mol. The SMILES string of the molecule is CCn1nccc1C(=O)N[C@H](C(=O)Nc1ccc([C@H](C)[C@@H](NC(=O)OC(C)(C)C)C(=O)N2CCN(C)CC2)cc1)C1CCCCC1. The molecule has 1 aliphatic heterocycles. The first-order chi connectivity index (χ1) is 21.9. The topological polar surface area (TPSA) is 138 Å². The van der Waals surface area contributed by atoms with E-state index in [0.717, 1.165) is 50.8 Å². The van der Waals surface area contributed by atoms with Crippen molar-refractivity contribution in [2.75, 3.05) is 38.5 Å². The van der Waals surface area contributed by atoms with Gasteiger partial charge in [0.2, 0.25) is 11.8 Å². The van der Waals surface area contributed by atoms with Crippen LogP contribution in [-0.4, -0.2) is 94.3 Å². The Balaban J connectivity index is 1.48. The molecule has 3 atom stereocenters. The maximum absolute atomic E-state index is 13.7. The van der Waals surface area contributed by atoms with Gasteiger partial charge < -0.3 is 30.5 Å². The highest BCUT2D eigenvalue weighted by molar-refractivity contribution is 6.00. The molecule has 2 aliphatic rings. The molecule has 1 aromatic carbocycles. The van der Waals surface area contributed by atoms with E-state index in [1.165, 1.54) is 0 Å². The predicted octanol–water partition coefficient (Wildman–Crippen LogP) is 3.99. The van der Waals surface area contributed by atoms with Gasteiger partial charge in [-0.2, -0.15) is 5.10 Å². The molecule has 0 spiro atoms. The number of carbonyl (C=O) groups is 4. The van der Waals surface area contributed by atoms with Crippen LogP contribution in [0.3, 0.4) is 0 Å². The molecular weight excluding hydrogens is 586 g/mol. The molecule has 0 radical (unpaired) electrons. The normalized spacial score (nSPS) is 18.3. The fourth-order valence-electron chi connectivity index (χ4n) is 6.20. The summed E-state index contributed by atoms with van der Waals surface area (Å²) in [4.78, 5) is 57.3. The first-order valence-electron chi connectivity index (χ1n) is 16.6. The molecule has 2 heterocycles. The molecule has 252 valence electrons. The van der Waals surface area contributed by atoms with Crippen molar-refractivity contribution in [1.82, 2.24) is 30.2 Å². The van der Waals surface area contributed by atoms with Crippen molar-refractivity contribution < 1.29 is 23.9 Å². The summed E-state index contributed by atoms with van der Waals surface area (Å²) in [6.07, 6.45) is 5.85. The molecule has 3 N–H and O–H groups in total. The quantitative estimate of drug-likeness (QED) is 0.358. The predicted molar refractivity (Wildman–Crippen MR) is 176 cm³/mol. The molecule has 1 saturated heterocycles. The van der Waals surface area contributed by atoms with Crippen LogP contribution in [0.4, 0.5) is 10.5 Å². The summed E-state index contributed by atoms with van der Waals surface area (Å²) in [5, 5.41) is 13.0. The number of piperazine rings is 1. The summed E-state index contributed by atoms with van der Waals surface area (Å²) >= 11 is 0. The summed E-state index contributed by atoms with van der Waals surface area (Å²) in [5.74, 6) is -1.07. The van der Waals surface area contributed by atoms with Crippen LogP contribution in [0.2, 0.25) is 0 Å². The second-order valence-electron chi connectivity index (χ2n) is 13.5. The number of hydrogen-bond acceptors (Lipinski definition) is 7. The molecule has 1 aromatic heterocycles. The summed E-state index contributed by atoms with van der Waals surface area (Å²) in [7, 11) is 2.02. The first-order valence-corrected chi connectivity index (χ1v) is 16.6. The van der Waals surface area contributed by atoms with Crippen molar-refractivity contribution in [3.8, 4) is 0 Å². The summed E-state index contributed by atoms with van der Waals surface area (Å²) in [5.41, 5.74) is 1.12. The lowest BCUT2D eigenvalue weighted by molar-refractivity contribution is -0.135. The Morgan fingerprint density at radius 1 is 0.957 bits per heavy atom. The zero-order valence-corrected chi connectivity index (χ0v) is 28.2. The van der Waals surface area contributed by atoms with Gasteiger partial charge >= 0.3 is 6.09 Å².